The van der Waals surface area contributed by atoms with Crippen molar-refractivity contribution in [2.75, 3.05) is 39.3 Å². The summed E-state index contributed by atoms with van der Waals surface area (Å²) in [4.78, 5) is 17.3. The highest BCUT2D eigenvalue weighted by molar-refractivity contribution is 6.30. The van der Waals surface area contributed by atoms with Gasteiger partial charge in [-0.1, -0.05) is 29.8 Å². The number of aromatic nitrogens is 1. The van der Waals surface area contributed by atoms with Crippen molar-refractivity contribution in [1.29, 1.82) is 0 Å². The summed E-state index contributed by atoms with van der Waals surface area (Å²) >= 11 is 5.89. The summed E-state index contributed by atoms with van der Waals surface area (Å²) in [6, 6.07) is 15.5. The second kappa shape index (κ2) is 8.25. The van der Waals surface area contributed by atoms with E-state index in [4.69, 9.17) is 16.3 Å². The Morgan fingerprint density at radius 1 is 1.04 bits per heavy atom. The van der Waals surface area contributed by atoms with E-state index in [1.807, 2.05) is 71.2 Å². The number of halogens is 1. The van der Waals surface area contributed by atoms with E-state index >= 15 is 0 Å². The van der Waals surface area contributed by atoms with Gasteiger partial charge < -0.3 is 14.2 Å². The molecule has 6 heteroatoms. The smallest absolute Gasteiger partial charge is 0.256 e. The number of para-hydroxylation sites is 1. The molecule has 0 bridgehead atoms. The lowest BCUT2D eigenvalue weighted by molar-refractivity contribution is 0.0622. The molecule has 5 nitrogen and oxygen atoms in total. The minimum atomic E-state index is 0.119. The standard InChI is InChI=1S/C22H24ClN3O2/c1-24-16-20(19-4-2-3-5-21(19)24)22(27)26-12-10-25(11-13-26)14-15-28-18-8-6-17(23)7-9-18/h2-9,16H,10-15H2,1H3. The second-order valence-electron chi connectivity index (χ2n) is 7.11. The molecular formula is C22H24ClN3O2. The number of amides is 1. The van der Waals surface area contributed by atoms with Crippen LogP contribution in [0.15, 0.2) is 54.7 Å². The van der Waals surface area contributed by atoms with Crippen molar-refractivity contribution in [3.05, 3.63) is 65.3 Å². The van der Waals surface area contributed by atoms with Crippen molar-refractivity contribution in [1.82, 2.24) is 14.4 Å². The quantitative estimate of drug-likeness (QED) is 0.659. The van der Waals surface area contributed by atoms with Crippen molar-refractivity contribution < 1.29 is 9.53 Å². The summed E-state index contributed by atoms with van der Waals surface area (Å²) in [6.07, 6.45) is 1.94. The van der Waals surface area contributed by atoms with Crippen molar-refractivity contribution in [3.63, 3.8) is 0 Å². The highest BCUT2D eigenvalue weighted by Crippen LogP contribution is 2.22. The van der Waals surface area contributed by atoms with E-state index in [0.717, 1.165) is 54.9 Å². The maximum absolute atomic E-state index is 13.0. The topological polar surface area (TPSA) is 37.7 Å². The van der Waals surface area contributed by atoms with Crippen LogP contribution in [0.25, 0.3) is 10.9 Å². The van der Waals surface area contributed by atoms with Gasteiger partial charge in [0.15, 0.2) is 0 Å². The van der Waals surface area contributed by atoms with Gasteiger partial charge in [0.2, 0.25) is 0 Å². The van der Waals surface area contributed by atoms with Gasteiger partial charge in [0.1, 0.15) is 12.4 Å². The molecule has 0 spiro atoms. The Morgan fingerprint density at radius 2 is 1.75 bits per heavy atom. The van der Waals surface area contributed by atoms with Gasteiger partial charge in [-0.25, -0.2) is 0 Å². The predicted octanol–water partition coefficient (Wildman–Crippen LogP) is 3.67. The number of rotatable bonds is 5. The minimum Gasteiger partial charge on any atom is -0.492 e. The Labute approximate surface area is 170 Å². The van der Waals surface area contributed by atoms with E-state index in [9.17, 15) is 4.79 Å². The van der Waals surface area contributed by atoms with Crippen molar-refractivity contribution >= 4 is 28.4 Å². The summed E-state index contributed by atoms with van der Waals surface area (Å²) in [7, 11) is 1.98. The van der Waals surface area contributed by atoms with Gasteiger partial charge in [-0.05, 0) is 30.3 Å². The van der Waals surface area contributed by atoms with Crippen LogP contribution in [-0.4, -0.2) is 59.6 Å². The molecule has 1 aliphatic rings. The first-order chi connectivity index (χ1) is 13.6. The Balaban J connectivity index is 1.30. The first-order valence-electron chi connectivity index (χ1n) is 9.56. The first kappa shape index (κ1) is 18.8. The van der Waals surface area contributed by atoms with Crippen LogP contribution < -0.4 is 4.74 Å². The van der Waals surface area contributed by atoms with E-state index < -0.39 is 0 Å². The molecule has 4 rings (SSSR count). The number of carbonyl (C=O) groups is 1. The minimum absolute atomic E-state index is 0.119. The van der Waals surface area contributed by atoms with E-state index in [2.05, 4.69) is 4.90 Å². The molecule has 2 heterocycles. The normalized spacial score (nSPS) is 15.1. The molecule has 0 unspecified atom stereocenters. The number of benzene rings is 2. The lowest BCUT2D eigenvalue weighted by Gasteiger charge is -2.34. The molecule has 1 aliphatic heterocycles. The van der Waals surface area contributed by atoms with Gasteiger partial charge in [0, 0.05) is 61.9 Å². The number of hydrogen-bond donors (Lipinski definition) is 0. The third-order valence-electron chi connectivity index (χ3n) is 5.28. The monoisotopic (exact) mass is 397 g/mol. The van der Waals surface area contributed by atoms with Gasteiger partial charge in [0.05, 0.1) is 5.56 Å². The highest BCUT2D eigenvalue weighted by atomic mass is 35.5. The molecule has 2 aromatic carbocycles. The first-order valence-corrected chi connectivity index (χ1v) is 9.94. The Kier molecular flexibility index (Phi) is 5.55. The SMILES string of the molecule is Cn1cc(C(=O)N2CCN(CCOc3ccc(Cl)cc3)CC2)c2ccccc21. The molecule has 3 aromatic rings. The van der Waals surface area contributed by atoms with E-state index in [1.54, 1.807) is 0 Å². The van der Waals surface area contributed by atoms with E-state index in [0.29, 0.717) is 11.6 Å². The number of aryl methyl sites for hydroxylation is 1. The van der Waals surface area contributed by atoms with Gasteiger partial charge >= 0.3 is 0 Å². The van der Waals surface area contributed by atoms with Crippen molar-refractivity contribution in [2.24, 2.45) is 7.05 Å². The molecule has 0 N–H and O–H groups in total. The molecule has 0 atom stereocenters. The average Bonchev–Trinajstić information content (AvgIpc) is 3.06. The third kappa shape index (κ3) is 4.01. The zero-order valence-electron chi connectivity index (χ0n) is 16.0. The Morgan fingerprint density at radius 3 is 2.50 bits per heavy atom. The van der Waals surface area contributed by atoms with Crippen LogP contribution in [0.2, 0.25) is 5.02 Å². The van der Waals surface area contributed by atoms with Crippen LogP contribution in [0.4, 0.5) is 0 Å². The summed E-state index contributed by atoms with van der Waals surface area (Å²) in [6.45, 7) is 4.67. The number of carbonyl (C=O) groups excluding carboxylic acids is 1. The van der Waals surface area contributed by atoms with Crippen LogP contribution in [0, 0.1) is 0 Å². The summed E-state index contributed by atoms with van der Waals surface area (Å²) in [5.41, 5.74) is 1.88. The lowest BCUT2D eigenvalue weighted by Crippen LogP contribution is -2.49. The van der Waals surface area contributed by atoms with Gasteiger partial charge in [-0.3, -0.25) is 9.69 Å². The van der Waals surface area contributed by atoms with Crippen molar-refractivity contribution in [3.8, 4) is 5.75 Å². The van der Waals surface area contributed by atoms with E-state index in [-0.39, 0.29) is 5.91 Å². The molecule has 1 saturated heterocycles. The Hall–Kier alpha value is -2.50. The fraction of sp³-hybridized carbons (Fsp3) is 0.318. The largest absolute Gasteiger partial charge is 0.492 e. The van der Waals surface area contributed by atoms with E-state index in [1.165, 1.54) is 0 Å². The van der Waals surface area contributed by atoms with Crippen LogP contribution in [0.1, 0.15) is 10.4 Å². The fourth-order valence-corrected chi connectivity index (χ4v) is 3.81. The van der Waals surface area contributed by atoms with Gasteiger partial charge in [-0.2, -0.15) is 0 Å². The second-order valence-corrected chi connectivity index (χ2v) is 7.54. The molecule has 1 aromatic heterocycles. The van der Waals surface area contributed by atoms with Gasteiger partial charge in [0.25, 0.3) is 5.91 Å². The molecule has 0 aliphatic carbocycles. The lowest BCUT2D eigenvalue weighted by atomic mass is 10.1. The molecule has 1 amide bonds. The molecular weight excluding hydrogens is 374 g/mol. The highest BCUT2D eigenvalue weighted by Gasteiger charge is 2.24. The number of nitrogens with zero attached hydrogens (tertiary/aromatic N) is 3. The average molecular weight is 398 g/mol. The number of fused-ring (bicyclic) bond motifs is 1. The third-order valence-corrected chi connectivity index (χ3v) is 5.53. The molecule has 0 saturated carbocycles. The maximum atomic E-state index is 13.0. The summed E-state index contributed by atoms with van der Waals surface area (Å²) in [5, 5.41) is 1.73. The molecule has 0 radical (unpaired) electrons. The maximum Gasteiger partial charge on any atom is 0.256 e. The van der Waals surface area contributed by atoms with Crippen LogP contribution in [0.5, 0.6) is 5.75 Å². The number of piperazine rings is 1. The van der Waals surface area contributed by atoms with Crippen molar-refractivity contribution in [2.45, 2.75) is 0 Å². The summed E-state index contributed by atoms with van der Waals surface area (Å²) < 4.78 is 7.80. The number of hydrogen-bond acceptors (Lipinski definition) is 3. The van der Waals surface area contributed by atoms with Crippen LogP contribution >= 0.6 is 11.6 Å². The molecule has 28 heavy (non-hydrogen) atoms. The zero-order valence-corrected chi connectivity index (χ0v) is 16.7. The predicted molar refractivity (Wildman–Crippen MR) is 112 cm³/mol. The molecule has 1 fully saturated rings. The summed E-state index contributed by atoms with van der Waals surface area (Å²) in [5.74, 6) is 0.947. The zero-order chi connectivity index (χ0) is 19.5. The van der Waals surface area contributed by atoms with Crippen LogP contribution in [0.3, 0.4) is 0 Å². The van der Waals surface area contributed by atoms with Crippen LogP contribution in [-0.2, 0) is 7.05 Å². The van der Waals surface area contributed by atoms with Gasteiger partial charge in [-0.15, -0.1) is 0 Å². The Bertz CT molecular complexity index is 960. The number of ether oxygens (including phenoxy) is 1. The fourth-order valence-electron chi connectivity index (χ4n) is 3.68. The molecule has 146 valence electrons.